The number of rotatable bonds is 70. The van der Waals surface area contributed by atoms with E-state index in [9.17, 15) is 19.4 Å². The Balaban J connectivity index is 3.88. The summed E-state index contributed by atoms with van der Waals surface area (Å²) in [7, 11) is 1.26. The van der Waals surface area contributed by atoms with E-state index in [1.54, 1.807) is 6.08 Å². The van der Waals surface area contributed by atoms with E-state index in [0.29, 0.717) is 17.4 Å². The predicted octanol–water partition coefficient (Wildman–Crippen LogP) is 23.2. The summed E-state index contributed by atoms with van der Waals surface area (Å²) >= 11 is 0. The Kier molecular flexibility index (Phi) is 64.6. The van der Waals surface area contributed by atoms with Gasteiger partial charge in [0.25, 0.3) is 7.82 Å². The highest BCUT2D eigenvalue weighted by atomic mass is 31.2. The highest BCUT2D eigenvalue weighted by Gasteiger charge is 2.23. The topological polar surface area (TPSA) is 108 Å². The first-order valence-corrected chi connectivity index (χ1v) is 38.7. The molecule has 0 aromatic heterocycles. The van der Waals surface area contributed by atoms with Gasteiger partial charge in [-0.05, 0) is 32.1 Å². The van der Waals surface area contributed by atoms with Gasteiger partial charge in [-0.25, -0.2) is 0 Å². The number of phosphoric acid groups is 1. The quantitative estimate of drug-likeness (QED) is 0.0272. The van der Waals surface area contributed by atoms with Crippen molar-refractivity contribution in [3.05, 3.63) is 24.3 Å². The Bertz CT molecular complexity index is 1400. The molecule has 0 bridgehead atoms. The lowest BCUT2D eigenvalue weighted by Gasteiger charge is -2.29. The van der Waals surface area contributed by atoms with Crippen molar-refractivity contribution in [1.29, 1.82) is 0 Å². The number of nitrogens with one attached hydrogen (secondary N) is 1. The number of amides is 1. The molecule has 0 aliphatic carbocycles. The summed E-state index contributed by atoms with van der Waals surface area (Å²) in [5.41, 5.74) is 0. The molecule has 8 nitrogen and oxygen atoms in total. The zero-order valence-corrected chi connectivity index (χ0v) is 57.6. The largest absolute Gasteiger partial charge is 0.756 e. The van der Waals surface area contributed by atoms with Gasteiger partial charge in [0.2, 0.25) is 5.91 Å². The van der Waals surface area contributed by atoms with Crippen LogP contribution in [0.3, 0.4) is 0 Å². The Morgan fingerprint density at radius 3 is 0.976 bits per heavy atom. The Labute approximate surface area is 519 Å². The molecule has 0 heterocycles. The molecule has 0 saturated carbocycles. The molecule has 9 heteroatoms. The Morgan fingerprint density at radius 2 is 0.675 bits per heavy atom. The van der Waals surface area contributed by atoms with Crippen LogP contribution >= 0.6 is 7.82 Å². The maximum absolute atomic E-state index is 13.0. The highest BCUT2D eigenvalue weighted by molar-refractivity contribution is 7.45. The van der Waals surface area contributed by atoms with Gasteiger partial charge in [0.15, 0.2) is 0 Å². The van der Waals surface area contributed by atoms with Gasteiger partial charge in [0, 0.05) is 6.42 Å². The number of unbranched alkanes of at least 4 members (excludes halogenated alkanes) is 55. The molecule has 0 aliphatic heterocycles. The molecule has 83 heavy (non-hydrogen) atoms. The first-order chi connectivity index (χ1) is 40.5. The van der Waals surface area contributed by atoms with E-state index < -0.39 is 20.0 Å². The van der Waals surface area contributed by atoms with E-state index in [1.807, 2.05) is 27.2 Å². The number of aliphatic hydroxyl groups is 1. The van der Waals surface area contributed by atoms with E-state index in [1.165, 1.54) is 334 Å². The second kappa shape index (κ2) is 65.4. The minimum atomic E-state index is -4.61. The fraction of sp³-hybridized carbons (Fsp3) is 0.932. The second-order valence-corrected chi connectivity index (χ2v) is 28.4. The van der Waals surface area contributed by atoms with Crippen molar-refractivity contribution >= 4 is 13.7 Å². The van der Waals surface area contributed by atoms with Crippen LogP contribution in [0.15, 0.2) is 24.3 Å². The maximum Gasteiger partial charge on any atom is 0.268 e. The van der Waals surface area contributed by atoms with Gasteiger partial charge in [-0.2, -0.15) is 0 Å². The number of hydrogen-bond acceptors (Lipinski definition) is 6. The molecule has 1 amide bonds. The Hall–Kier alpha value is -1.02. The molecule has 494 valence electrons. The summed E-state index contributed by atoms with van der Waals surface area (Å²) in [6, 6.07) is -0.901. The average molecular weight is 1190 g/mol. The number of hydrogen-bond donors (Lipinski definition) is 2. The van der Waals surface area contributed by atoms with Crippen molar-refractivity contribution < 1.29 is 32.9 Å². The highest BCUT2D eigenvalue weighted by Crippen LogP contribution is 2.38. The van der Waals surface area contributed by atoms with Crippen LogP contribution in [0.2, 0.25) is 0 Å². The third kappa shape index (κ3) is 68.3. The summed E-state index contributed by atoms with van der Waals surface area (Å²) in [6.07, 6.45) is 86.3. The average Bonchev–Trinajstić information content (AvgIpc) is 3.50. The van der Waals surface area contributed by atoms with Gasteiger partial charge in [-0.1, -0.05) is 378 Å². The molecule has 0 saturated heterocycles. The minimum absolute atomic E-state index is 0.00349. The molecule has 0 aromatic carbocycles. The third-order valence-electron chi connectivity index (χ3n) is 17.4. The number of likely N-dealkylation sites (N-methyl/N-ethyl adjacent to an activating group) is 1. The van der Waals surface area contributed by atoms with E-state index in [2.05, 4.69) is 31.3 Å². The summed E-state index contributed by atoms with van der Waals surface area (Å²) in [5, 5.41) is 13.9. The van der Waals surface area contributed by atoms with E-state index >= 15 is 0 Å². The van der Waals surface area contributed by atoms with Crippen molar-refractivity contribution in [2.45, 2.75) is 405 Å². The van der Waals surface area contributed by atoms with Crippen molar-refractivity contribution in [3.8, 4) is 0 Å². The smallest absolute Gasteiger partial charge is 0.268 e. The number of carbonyl (C=O) groups excluding carboxylic acids is 1. The molecule has 0 aromatic rings. The number of phosphoric ester groups is 1. The van der Waals surface area contributed by atoms with Crippen LogP contribution in [0.25, 0.3) is 0 Å². The molecule has 3 unspecified atom stereocenters. The monoisotopic (exact) mass is 1190 g/mol. The number of nitrogens with zero attached hydrogens (tertiary/aromatic N) is 1. The summed E-state index contributed by atoms with van der Waals surface area (Å²) in [4.78, 5) is 25.6. The van der Waals surface area contributed by atoms with E-state index in [-0.39, 0.29) is 19.1 Å². The SMILES string of the molecule is CCCCCCCCCCCCCCCC/C=C/CC/C=C/C(O)C(COP(=O)([O-])OCC[N+](C)(C)C)NC(=O)CCCCCCCCCCCCCCCCCCCCCCCCCCCCCCCCCCCCCCCCCCC. The minimum Gasteiger partial charge on any atom is -0.756 e. The summed E-state index contributed by atoms with van der Waals surface area (Å²) in [5.74, 6) is -0.198. The molecular formula is C74H147N2O6P. The lowest BCUT2D eigenvalue weighted by molar-refractivity contribution is -0.870. The summed E-state index contributed by atoms with van der Waals surface area (Å²) < 4.78 is 23.4. The number of carbonyl (C=O) groups is 1. The van der Waals surface area contributed by atoms with E-state index in [4.69, 9.17) is 9.05 Å². The number of quaternary nitrogens is 1. The first kappa shape index (κ1) is 82.0. The predicted molar refractivity (Wildman–Crippen MR) is 362 cm³/mol. The summed E-state index contributed by atoms with van der Waals surface area (Å²) in [6.45, 7) is 4.69. The Morgan fingerprint density at radius 1 is 0.410 bits per heavy atom. The second-order valence-electron chi connectivity index (χ2n) is 27.0. The molecule has 0 radical (unpaired) electrons. The molecular weight excluding hydrogens is 1040 g/mol. The van der Waals surface area contributed by atoms with Gasteiger partial charge < -0.3 is 28.8 Å². The van der Waals surface area contributed by atoms with Crippen molar-refractivity contribution in [1.82, 2.24) is 5.32 Å². The first-order valence-electron chi connectivity index (χ1n) is 37.2. The van der Waals surface area contributed by atoms with Crippen molar-refractivity contribution in [2.75, 3.05) is 40.9 Å². The standard InChI is InChI=1S/C74H147N2O6P/c1-6-8-10-12-14-16-18-20-22-24-26-28-29-30-31-32-33-34-35-36-37-38-39-40-41-42-43-44-45-46-47-48-50-52-54-56-58-60-62-64-66-68-74(78)75-72(71-82-83(79,80)81-70-69-76(3,4)5)73(77)67-65-63-61-59-57-55-53-51-49-27-25-23-21-19-17-15-13-11-9-7-2/h57,59,65,67,72-73,77H,6-56,58,60-64,66,68-71H2,1-5H3,(H-,75,78,79,80)/b59-57+,67-65+. The van der Waals surface area contributed by atoms with Gasteiger partial charge >= 0.3 is 0 Å². The zero-order valence-electron chi connectivity index (χ0n) is 56.7. The number of aliphatic hydroxyl groups excluding tert-OH is 1. The van der Waals surface area contributed by atoms with Crippen molar-refractivity contribution in [3.63, 3.8) is 0 Å². The van der Waals surface area contributed by atoms with Crippen LogP contribution in [-0.4, -0.2) is 68.5 Å². The van der Waals surface area contributed by atoms with Gasteiger partial charge in [0.05, 0.1) is 39.9 Å². The zero-order chi connectivity index (χ0) is 60.5. The molecule has 0 fully saturated rings. The lowest BCUT2D eigenvalue weighted by atomic mass is 10.0. The van der Waals surface area contributed by atoms with Crippen LogP contribution < -0.4 is 10.2 Å². The van der Waals surface area contributed by atoms with Gasteiger partial charge in [-0.3, -0.25) is 9.36 Å². The fourth-order valence-electron chi connectivity index (χ4n) is 11.6. The van der Waals surface area contributed by atoms with Gasteiger partial charge in [-0.15, -0.1) is 0 Å². The van der Waals surface area contributed by atoms with Crippen LogP contribution in [-0.2, 0) is 18.4 Å². The lowest BCUT2D eigenvalue weighted by Crippen LogP contribution is -2.45. The molecule has 0 aliphatic rings. The molecule has 2 N–H and O–H groups in total. The normalized spacial score (nSPS) is 13.7. The van der Waals surface area contributed by atoms with Crippen LogP contribution in [0, 0.1) is 0 Å². The van der Waals surface area contributed by atoms with Crippen LogP contribution in [0.4, 0.5) is 0 Å². The third-order valence-corrected chi connectivity index (χ3v) is 18.4. The number of allylic oxidation sites excluding steroid dienone is 3. The maximum atomic E-state index is 13.0. The van der Waals surface area contributed by atoms with Crippen LogP contribution in [0.1, 0.15) is 393 Å². The molecule has 0 spiro atoms. The fourth-order valence-corrected chi connectivity index (χ4v) is 12.4. The van der Waals surface area contributed by atoms with Crippen molar-refractivity contribution in [2.24, 2.45) is 0 Å². The van der Waals surface area contributed by atoms with Gasteiger partial charge in [0.1, 0.15) is 13.2 Å². The molecule has 3 atom stereocenters. The van der Waals surface area contributed by atoms with E-state index in [0.717, 1.165) is 38.5 Å². The van der Waals surface area contributed by atoms with Crippen LogP contribution in [0.5, 0.6) is 0 Å². The molecule has 0 rings (SSSR count).